The normalized spacial score (nSPS) is 11.2. The number of nitriles is 1. The first kappa shape index (κ1) is 13.4. The van der Waals surface area contributed by atoms with Gasteiger partial charge in [0.1, 0.15) is 6.07 Å². The molecule has 5 heteroatoms. The molecular weight excluding hydrogens is 304 g/mol. The fraction of sp³-hybridized carbons (Fsp3) is 0.143. The molecule has 96 valence electrons. The average molecular weight is 317 g/mol. The van der Waals surface area contributed by atoms with E-state index in [-0.39, 0.29) is 0 Å². The molecule has 0 aliphatic rings. The first-order chi connectivity index (χ1) is 9.10. The minimum atomic E-state index is 0.556. The zero-order valence-electron chi connectivity index (χ0n) is 10.7. The van der Waals surface area contributed by atoms with Crippen LogP contribution in [0.1, 0.15) is 5.69 Å². The Labute approximate surface area is 120 Å². The van der Waals surface area contributed by atoms with Crippen molar-refractivity contribution >= 4 is 21.5 Å². The van der Waals surface area contributed by atoms with Crippen molar-refractivity contribution in [1.82, 2.24) is 15.1 Å². The molecule has 4 nitrogen and oxygen atoms in total. The Morgan fingerprint density at radius 2 is 2.05 bits per heavy atom. The molecule has 0 fully saturated rings. The van der Waals surface area contributed by atoms with Crippen molar-refractivity contribution in [3.05, 3.63) is 46.7 Å². The van der Waals surface area contributed by atoms with Crippen LogP contribution >= 0.6 is 15.9 Å². The van der Waals surface area contributed by atoms with Crippen molar-refractivity contribution in [2.45, 2.75) is 0 Å². The summed E-state index contributed by atoms with van der Waals surface area (Å²) in [5, 5.41) is 16.3. The van der Waals surface area contributed by atoms with Crippen molar-refractivity contribution in [3.63, 3.8) is 0 Å². The van der Waals surface area contributed by atoms with Crippen LogP contribution in [0.5, 0.6) is 0 Å². The maximum Gasteiger partial charge on any atom is 0.103 e. The van der Waals surface area contributed by atoms with E-state index in [1.54, 1.807) is 6.20 Å². The molecule has 0 spiro atoms. The fourth-order valence-electron chi connectivity index (χ4n) is 1.65. The molecule has 1 aromatic heterocycles. The summed E-state index contributed by atoms with van der Waals surface area (Å²) in [6.45, 7) is 0. The van der Waals surface area contributed by atoms with E-state index < -0.39 is 0 Å². The van der Waals surface area contributed by atoms with Crippen molar-refractivity contribution in [2.24, 2.45) is 0 Å². The van der Waals surface area contributed by atoms with Crippen LogP contribution in [-0.4, -0.2) is 29.2 Å². The topological polar surface area (TPSA) is 55.7 Å². The number of H-pyrrole nitrogens is 1. The molecule has 1 N–H and O–H groups in total. The fourth-order valence-corrected chi connectivity index (χ4v) is 1.91. The molecule has 1 aromatic carbocycles. The number of halogens is 1. The van der Waals surface area contributed by atoms with Crippen LogP contribution in [0, 0.1) is 11.3 Å². The van der Waals surface area contributed by atoms with E-state index >= 15 is 0 Å². The maximum absolute atomic E-state index is 9.15. The number of hydrogen-bond donors (Lipinski definition) is 1. The predicted molar refractivity (Wildman–Crippen MR) is 79.0 cm³/mol. The molecule has 0 aliphatic heterocycles. The van der Waals surface area contributed by atoms with Crippen molar-refractivity contribution in [3.8, 4) is 17.3 Å². The quantitative estimate of drug-likeness (QED) is 0.884. The van der Waals surface area contributed by atoms with Gasteiger partial charge in [-0.3, -0.25) is 5.10 Å². The third kappa shape index (κ3) is 3.24. The van der Waals surface area contributed by atoms with Crippen LogP contribution < -0.4 is 0 Å². The molecule has 0 bridgehead atoms. The first-order valence-electron chi connectivity index (χ1n) is 5.70. The molecule has 2 aromatic rings. The first-order valence-corrected chi connectivity index (χ1v) is 6.49. The van der Waals surface area contributed by atoms with Gasteiger partial charge < -0.3 is 4.90 Å². The van der Waals surface area contributed by atoms with Crippen LogP contribution in [-0.2, 0) is 0 Å². The third-order valence-corrected chi connectivity index (χ3v) is 3.04. The molecule has 0 unspecified atom stereocenters. The SMILES string of the molecule is CN(C)/C=C(\C#N)c1cc(-c2ccc(Br)cc2)n[nH]1. The zero-order chi connectivity index (χ0) is 13.8. The van der Waals surface area contributed by atoms with E-state index in [4.69, 9.17) is 5.26 Å². The number of benzene rings is 1. The smallest absolute Gasteiger partial charge is 0.103 e. The molecule has 0 saturated carbocycles. The highest BCUT2D eigenvalue weighted by molar-refractivity contribution is 9.10. The Balaban J connectivity index is 2.34. The van der Waals surface area contributed by atoms with E-state index in [1.807, 2.05) is 49.3 Å². The highest BCUT2D eigenvalue weighted by Gasteiger charge is 2.08. The Morgan fingerprint density at radius 3 is 2.63 bits per heavy atom. The summed E-state index contributed by atoms with van der Waals surface area (Å²) in [7, 11) is 3.76. The number of allylic oxidation sites excluding steroid dienone is 1. The van der Waals surface area contributed by atoms with Crippen molar-refractivity contribution in [1.29, 1.82) is 5.26 Å². The second-order valence-corrected chi connectivity index (χ2v) is 5.21. The number of hydrogen-bond acceptors (Lipinski definition) is 3. The predicted octanol–water partition coefficient (Wildman–Crippen LogP) is 3.27. The lowest BCUT2D eigenvalue weighted by Crippen LogP contribution is -2.02. The summed E-state index contributed by atoms with van der Waals surface area (Å²) in [4.78, 5) is 1.83. The van der Waals surface area contributed by atoms with Crippen LogP contribution in [0.3, 0.4) is 0 Å². The number of nitrogens with zero attached hydrogens (tertiary/aromatic N) is 3. The number of aromatic amines is 1. The zero-order valence-corrected chi connectivity index (χ0v) is 12.3. The molecule has 0 radical (unpaired) electrons. The third-order valence-electron chi connectivity index (χ3n) is 2.52. The van der Waals surface area contributed by atoms with Gasteiger partial charge in [-0.2, -0.15) is 10.4 Å². The maximum atomic E-state index is 9.15. The molecule has 0 atom stereocenters. The van der Waals surface area contributed by atoms with Gasteiger partial charge in [-0.25, -0.2) is 0 Å². The van der Waals surface area contributed by atoms with Gasteiger partial charge in [0.05, 0.1) is 17.0 Å². The van der Waals surface area contributed by atoms with Gasteiger partial charge in [0.2, 0.25) is 0 Å². The average Bonchev–Trinajstić information content (AvgIpc) is 2.86. The van der Waals surface area contributed by atoms with Crippen molar-refractivity contribution in [2.75, 3.05) is 14.1 Å². The minimum absolute atomic E-state index is 0.556. The molecule has 0 saturated heterocycles. The van der Waals surface area contributed by atoms with Gasteiger partial charge in [0.25, 0.3) is 0 Å². The Morgan fingerprint density at radius 1 is 1.37 bits per heavy atom. The van der Waals surface area contributed by atoms with Gasteiger partial charge in [-0.05, 0) is 18.2 Å². The number of nitrogens with one attached hydrogen (secondary N) is 1. The Hall–Kier alpha value is -2.06. The van der Waals surface area contributed by atoms with Gasteiger partial charge in [-0.15, -0.1) is 0 Å². The van der Waals surface area contributed by atoms with Gasteiger partial charge in [-0.1, -0.05) is 28.1 Å². The summed E-state index contributed by atoms with van der Waals surface area (Å²) in [5.74, 6) is 0. The van der Waals surface area contributed by atoms with Gasteiger partial charge >= 0.3 is 0 Å². The van der Waals surface area contributed by atoms with E-state index in [1.165, 1.54) is 0 Å². The largest absolute Gasteiger partial charge is 0.382 e. The molecular formula is C14H13BrN4. The van der Waals surface area contributed by atoms with E-state index in [2.05, 4.69) is 32.2 Å². The summed E-state index contributed by atoms with van der Waals surface area (Å²) in [6.07, 6.45) is 1.76. The summed E-state index contributed by atoms with van der Waals surface area (Å²) in [6, 6.07) is 11.9. The number of rotatable bonds is 3. The second kappa shape index (κ2) is 5.72. The lowest BCUT2D eigenvalue weighted by Gasteiger charge is -2.04. The van der Waals surface area contributed by atoms with Crippen LogP contribution in [0.2, 0.25) is 0 Å². The lowest BCUT2D eigenvalue weighted by atomic mass is 10.1. The van der Waals surface area contributed by atoms with Crippen molar-refractivity contribution < 1.29 is 0 Å². The summed E-state index contributed by atoms with van der Waals surface area (Å²) >= 11 is 3.40. The Bertz CT molecular complexity index is 632. The molecule has 19 heavy (non-hydrogen) atoms. The number of aromatic nitrogens is 2. The molecule has 1 heterocycles. The molecule has 0 amide bonds. The van der Waals surface area contributed by atoms with E-state index in [0.717, 1.165) is 15.7 Å². The van der Waals surface area contributed by atoms with Crippen LogP contribution in [0.25, 0.3) is 16.8 Å². The monoisotopic (exact) mass is 316 g/mol. The minimum Gasteiger partial charge on any atom is -0.382 e. The lowest BCUT2D eigenvalue weighted by molar-refractivity contribution is 0.566. The highest BCUT2D eigenvalue weighted by atomic mass is 79.9. The van der Waals surface area contributed by atoms with E-state index in [0.29, 0.717) is 11.3 Å². The van der Waals surface area contributed by atoms with E-state index in [9.17, 15) is 0 Å². The standard InChI is InChI=1S/C14H13BrN4/c1-19(2)9-11(8-16)14-7-13(17-18-14)10-3-5-12(15)6-4-10/h3-7,9H,1-2H3,(H,17,18)/b11-9+. The van der Waals surface area contributed by atoms with Crippen LogP contribution in [0.4, 0.5) is 0 Å². The highest BCUT2D eigenvalue weighted by Crippen LogP contribution is 2.22. The Kier molecular flexibility index (Phi) is 4.03. The molecule has 2 rings (SSSR count). The van der Waals surface area contributed by atoms with Crippen LogP contribution in [0.15, 0.2) is 41.0 Å². The van der Waals surface area contributed by atoms with Gasteiger partial charge in [0, 0.05) is 30.3 Å². The summed E-state index contributed by atoms with van der Waals surface area (Å²) < 4.78 is 1.03. The summed E-state index contributed by atoms with van der Waals surface area (Å²) in [5.41, 5.74) is 3.10. The van der Waals surface area contributed by atoms with Gasteiger partial charge in [0.15, 0.2) is 0 Å². The molecule has 0 aliphatic carbocycles. The second-order valence-electron chi connectivity index (χ2n) is 4.29.